The summed E-state index contributed by atoms with van der Waals surface area (Å²) in [5, 5.41) is 3.57. The molecule has 0 bridgehead atoms. The highest BCUT2D eigenvalue weighted by Crippen LogP contribution is 2.16. The average molecular weight is 367 g/mol. The standard InChI is InChI=1S/C12H14Br2FNO/c1-7(6-13)8(2)16-12(17)10-4-3-9(14)5-11(10)15/h3-5,7-8H,6H2,1-2H3,(H,16,17). The topological polar surface area (TPSA) is 29.1 Å². The lowest BCUT2D eigenvalue weighted by molar-refractivity contribution is 0.0927. The Morgan fingerprint density at radius 2 is 2.12 bits per heavy atom. The molecule has 17 heavy (non-hydrogen) atoms. The van der Waals surface area contributed by atoms with Crippen LogP contribution in [0.2, 0.25) is 0 Å². The molecule has 0 aliphatic carbocycles. The number of amides is 1. The fourth-order valence-electron chi connectivity index (χ4n) is 1.23. The molecule has 0 fully saturated rings. The molecule has 0 saturated carbocycles. The van der Waals surface area contributed by atoms with Gasteiger partial charge in [-0.3, -0.25) is 4.79 Å². The van der Waals surface area contributed by atoms with Crippen molar-refractivity contribution in [2.45, 2.75) is 19.9 Å². The van der Waals surface area contributed by atoms with Gasteiger partial charge in [0.25, 0.3) is 5.91 Å². The largest absolute Gasteiger partial charge is 0.349 e. The van der Waals surface area contributed by atoms with Crippen LogP contribution in [0.15, 0.2) is 22.7 Å². The van der Waals surface area contributed by atoms with Crippen molar-refractivity contribution in [3.8, 4) is 0 Å². The van der Waals surface area contributed by atoms with E-state index in [0.29, 0.717) is 4.47 Å². The van der Waals surface area contributed by atoms with E-state index in [4.69, 9.17) is 0 Å². The highest BCUT2D eigenvalue weighted by Gasteiger charge is 2.17. The van der Waals surface area contributed by atoms with Crippen LogP contribution in [-0.4, -0.2) is 17.3 Å². The second-order valence-corrected chi connectivity index (χ2v) is 5.58. The van der Waals surface area contributed by atoms with Crippen molar-refractivity contribution in [1.82, 2.24) is 5.32 Å². The summed E-state index contributed by atoms with van der Waals surface area (Å²) in [7, 11) is 0. The molecule has 1 amide bonds. The number of carbonyl (C=O) groups is 1. The van der Waals surface area contributed by atoms with Gasteiger partial charge in [-0.25, -0.2) is 4.39 Å². The number of carbonyl (C=O) groups excluding carboxylic acids is 1. The highest BCUT2D eigenvalue weighted by atomic mass is 79.9. The third-order valence-corrected chi connectivity index (χ3v) is 4.15. The lowest BCUT2D eigenvalue weighted by atomic mass is 10.1. The predicted octanol–water partition coefficient (Wildman–Crippen LogP) is 3.74. The zero-order valence-electron chi connectivity index (χ0n) is 9.64. The van der Waals surface area contributed by atoms with Gasteiger partial charge in [0.2, 0.25) is 0 Å². The summed E-state index contributed by atoms with van der Waals surface area (Å²) in [6.07, 6.45) is 0. The number of rotatable bonds is 4. The van der Waals surface area contributed by atoms with E-state index in [0.717, 1.165) is 5.33 Å². The zero-order chi connectivity index (χ0) is 13.0. The second kappa shape index (κ2) is 6.50. The van der Waals surface area contributed by atoms with Gasteiger partial charge in [-0.15, -0.1) is 0 Å². The van der Waals surface area contributed by atoms with Crippen LogP contribution in [0, 0.1) is 11.7 Å². The summed E-state index contributed by atoms with van der Waals surface area (Å²) in [5.74, 6) is -0.608. The Balaban J connectivity index is 2.76. The van der Waals surface area contributed by atoms with Gasteiger partial charge >= 0.3 is 0 Å². The molecule has 1 aromatic rings. The van der Waals surface area contributed by atoms with Gasteiger partial charge in [0.1, 0.15) is 5.82 Å². The quantitative estimate of drug-likeness (QED) is 0.808. The molecule has 1 N–H and O–H groups in total. The smallest absolute Gasteiger partial charge is 0.254 e. The van der Waals surface area contributed by atoms with E-state index in [2.05, 4.69) is 37.2 Å². The van der Waals surface area contributed by atoms with Gasteiger partial charge in [-0.1, -0.05) is 38.8 Å². The normalized spacial score (nSPS) is 14.2. The van der Waals surface area contributed by atoms with Gasteiger partial charge in [-0.2, -0.15) is 0 Å². The van der Waals surface area contributed by atoms with Crippen molar-refractivity contribution < 1.29 is 9.18 Å². The SMILES string of the molecule is CC(CBr)C(C)NC(=O)c1ccc(Br)cc1F. The van der Waals surface area contributed by atoms with Crippen LogP contribution in [0.1, 0.15) is 24.2 Å². The second-order valence-electron chi connectivity index (χ2n) is 4.02. The summed E-state index contributed by atoms with van der Waals surface area (Å²) in [6.45, 7) is 3.91. The van der Waals surface area contributed by atoms with E-state index >= 15 is 0 Å². The van der Waals surface area contributed by atoms with Crippen LogP contribution >= 0.6 is 31.9 Å². The fourth-order valence-corrected chi connectivity index (χ4v) is 2.13. The summed E-state index contributed by atoms with van der Waals surface area (Å²) >= 11 is 6.51. The molecule has 0 aromatic heterocycles. The number of hydrogen-bond acceptors (Lipinski definition) is 1. The van der Waals surface area contributed by atoms with Crippen LogP contribution in [0.3, 0.4) is 0 Å². The van der Waals surface area contributed by atoms with Crippen molar-refractivity contribution in [1.29, 1.82) is 0 Å². The summed E-state index contributed by atoms with van der Waals surface area (Å²) in [6, 6.07) is 4.40. The van der Waals surface area contributed by atoms with Crippen LogP contribution in [0.5, 0.6) is 0 Å². The first-order valence-electron chi connectivity index (χ1n) is 5.27. The maximum atomic E-state index is 13.5. The molecular formula is C12H14Br2FNO. The molecular weight excluding hydrogens is 353 g/mol. The molecule has 0 radical (unpaired) electrons. The van der Waals surface area contributed by atoms with Gasteiger partial charge in [0.05, 0.1) is 5.56 Å². The first-order chi connectivity index (χ1) is 7.95. The zero-order valence-corrected chi connectivity index (χ0v) is 12.8. The van der Waals surface area contributed by atoms with E-state index < -0.39 is 5.82 Å². The van der Waals surface area contributed by atoms with Crippen molar-refractivity contribution >= 4 is 37.8 Å². The summed E-state index contributed by atoms with van der Waals surface area (Å²) in [5.41, 5.74) is 0.0711. The fraction of sp³-hybridized carbons (Fsp3) is 0.417. The van der Waals surface area contributed by atoms with Crippen LogP contribution in [-0.2, 0) is 0 Å². The van der Waals surface area contributed by atoms with E-state index in [1.807, 2.05) is 13.8 Å². The molecule has 1 aromatic carbocycles. The minimum atomic E-state index is -0.518. The third-order valence-electron chi connectivity index (χ3n) is 2.63. The monoisotopic (exact) mass is 365 g/mol. The minimum absolute atomic E-state index is 0.00933. The van der Waals surface area contributed by atoms with E-state index in [9.17, 15) is 9.18 Å². The van der Waals surface area contributed by atoms with E-state index in [1.165, 1.54) is 12.1 Å². The average Bonchev–Trinajstić information content (AvgIpc) is 2.27. The third kappa shape index (κ3) is 4.07. The van der Waals surface area contributed by atoms with Crippen LogP contribution < -0.4 is 5.32 Å². The van der Waals surface area contributed by atoms with Gasteiger partial charge in [-0.05, 0) is 31.0 Å². The molecule has 2 nitrogen and oxygen atoms in total. The molecule has 5 heteroatoms. The Morgan fingerprint density at radius 3 is 2.65 bits per heavy atom. The first-order valence-corrected chi connectivity index (χ1v) is 7.19. The first kappa shape index (κ1) is 14.6. The molecule has 2 atom stereocenters. The Kier molecular flexibility index (Phi) is 5.59. The molecule has 0 spiro atoms. The Hall–Kier alpha value is -0.420. The molecule has 0 aliphatic heterocycles. The van der Waals surface area contributed by atoms with Gasteiger partial charge in [0, 0.05) is 15.8 Å². The van der Waals surface area contributed by atoms with Crippen LogP contribution in [0.4, 0.5) is 4.39 Å². The number of benzene rings is 1. The van der Waals surface area contributed by atoms with Gasteiger partial charge in [0.15, 0.2) is 0 Å². The minimum Gasteiger partial charge on any atom is -0.349 e. The van der Waals surface area contributed by atoms with E-state index in [1.54, 1.807) is 6.07 Å². The number of hydrogen-bond donors (Lipinski definition) is 1. The van der Waals surface area contributed by atoms with Crippen molar-refractivity contribution in [3.05, 3.63) is 34.1 Å². The van der Waals surface area contributed by atoms with Crippen molar-refractivity contribution in [2.75, 3.05) is 5.33 Å². The molecule has 0 aliphatic rings. The van der Waals surface area contributed by atoms with Crippen molar-refractivity contribution in [2.24, 2.45) is 5.92 Å². The molecule has 0 saturated heterocycles. The van der Waals surface area contributed by atoms with Gasteiger partial charge < -0.3 is 5.32 Å². The molecule has 94 valence electrons. The number of nitrogens with one attached hydrogen (secondary N) is 1. The highest BCUT2D eigenvalue weighted by molar-refractivity contribution is 9.10. The Labute approximate surface area is 117 Å². The molecule has 1 rings (SSSR count). The maximum Gasteiger partial charge on any atom is 0.254 e. The predicted molar refractivity (Wildman–Crippen MR) is 74.0 cm³/mol. The maximum absolute atomic E-state index is 13.5. The summed E-state index contributed by atoms with van der Waals surface area (Å²) < 4.78 is 14.2. The molecule has 2 unspecified atom stereocenters. The van der Waals surface area contributed by atoms with E-state index in [-0.39, 0.29) is 23.4 Å². The summed E-state index contributed by atoms with van der Waals surface area (Å²) in [4.78, 5) is 11.8. The lowest BCUT2D eigenvalue weighted by Crippen LogP contribution is -2.38. The Bertz CT molecular complexity index is 411. The lowest BCUT2D eigenvalue weighted by Gasteiger charge is -2.19. The number of alkyl halides is 1. The number of halogens is 3. The Morgan fingerprint density at radius 1 is 1.47 bits per heavy atom. The van der Waals surface area contributed by atoms with Crippen LogP contribution in [0.25, 0.3) is 0 Å². The van der Waals surface area contributed by atoms with Crippen molar-refractivity contribution in [3.63, 3.8) is 0 Å². The molecule has 0 heterocycles.